The highest BCUT2D eigenvalue weighted by atomic mass is 16.5. The number of unbranched alkanes of at least 4 members (excludes halogenated alkanes) is 2. The van der Waals surface area contributed by atoms with Crippen molar-refractivity contribution in [2.45, 2.75) is 46.5 Å². The SMILES string of the molecule is CCCCCc1ccc2c(OCC)c3ccccc3c(OCC)c2c1. The summed E-state index contributed by atoms with van der Waals surface area (Å²) < 4.78 is 12.1. The van der Waals surface area contributed by atoms with E-state index in [2.05, 4.69) is 49.4 Å². The van der Waals surface area contributed by atoms with Gasteiger partial charge in [-0.15, -0.1) is 0 Å². The van der Waals surface area contributed by atoms with Gasteiger partial charge in [0.25, 0.3) is 0 Å². The van der Waals surface area contributed by atoms with Gasteiger partial charge >= 0.3 is 0 Å². The van der Waals surface area contributed by atoms with Crippen LogP contribution in [-0.4, -0.2) is 13.2 Å². The number of hydrogen-bond acceptors (Lipinski definition) is 2. The third kappa shape index (κ3) is 3.58. The summed E-state index contributed by atoms with van der Waals surface area (Å²) in [4.78, 5) is 0. The van der Waals surface area contributed by atoms with E-state index in [4.69, 9.17) is 9.47 Å². The standard InChI is InChI=1S/C23H28O2/c1-4-7-8-11-17-14-15-20-21(16-17)23(25-6-3)19-13-10-9-12-18(19)22(20)24-5-2/h9-10,12-16H,4-8,11H2,1-3H3. The molecule has 0 N–H and O–H groups in total. The molecular weight excluding hydrogens is 308 g/mol. The summed E-state index contributed by atoms with van der Waals surface area (Å²) >= 11 is 0. The van der Waals surface area contributed by atoms with E-state index in [1.165, 1.54) is 24.8 Å². The molecule has 0 saturated carbocycles. The van der Waals surface area contributed by atoms with Gasteiger partial charge in [0, 0.05) is 21.5 Å². The lowest BCUT2D eigenvalue weighted by atomic mass is 9.97. The van der Waals surface area contributed by atoms with Crippen LogP contribution in [0, 0.1) is 0 Å². The Labute approximate surface area is 150 Å². The maximum Gasteiger partial charge on any atom is 0.135 e. The molecule has 3 aromatic rings. The molecule has 0 unspecified atom stereocenters. The molecule has 0 aliphatic rings. The van der Waals surface area contributed by atoms with E-state index in [1.807, 2.05) is 13.8 Å². The van der Waals surface area contributed by atoms with Gasteiger partial charge in [-0.05, 0) is 38.3 Å². The van der Waals surface area contributed by atoms with Crippen LogP contribution in [0.2, 0.25) is 0 Å². The summed E-state index contributed by atoms with van der Waals surface area (Å²) in [6, 6.07) is 15.1. The van der Waals surface area contributed by atoms with Crippen LogP contribution >= 0.6 is 0 Å². The fraction of sp³-hybridized carbons (Fsp3) is 0.391. The van der Waals surface area contributed by atoms with Crippen LogP contribution < -0.4 is 9.47 Å². The Hall–Kier alpha value is -2.22. The van der Waals surface area contributed by atoms with Crippen LogP contribution in [0.25, 0.3) is 21.5 Å². The Kier molecular flexibility index (Phi) is 5.80. The highest BCUT2D eigenvalue weighted by Gasteiger charge is 2.16. The molecule has 3 aromatic carbocycles. The van der Waals surface area contributed by atoms with E-state index < -0.39 is 0 Å². The van der Waals surface area contributed by atoms with Crippen LogP contribution in [0.3, 0.4) is 0 Å². The van der Waals surface area contributed by atoms with Crippen molar-refractivity contribution in [1.29, 1.82) is 0 Å². The number of aryl methyl sites for hydroxylation is 1. The zero-order valence-corrected chi connectivity index (χ0v) is 15.6. The summed E-state index contributed by atoms with van der Waals surface area (Å²) in [5.41, 5.74) is 1.37. The van der Waals surface area contributed by atoms with Crippen molar-refractivity contribution in [3.8, 4) is 11.5 Å². The van der Waals surface area contributed by atoms with Gasteiger partial charge in [-0.3, -0.25) is 0 Å². The van der Waals surface area contributed by atoms with E-state index in [-0.39, 0.29) is 0 Å². The molecule has 2 heteroatoms. The minimum Gasteiger partial charge on any atom is -0.493 e. The van der Waals surface area contributed by atoms with Crippen molar-refractivity contribution in [2.75, 3.05) is 13.2 Å². The van der Waals surface area contributed by atoms with Crippen LogP contribution in [-0.2, 0) is 6.42 Å². The summed E-state index contributed by atoms with van der Waals surface area (Å²) in [5.74, 6) is 1.95. The summed E-state index contributed by atoms with van der Waals surface area (Å²) in [5, 5.41) is 4.56. The first-order chi connectivity index (χ1) is 12.3. The summed E-state index contributed by atoms with van der Waals surface area (Å²) in [7, 11) is 0. The van der Waals surface area contributed by atoms with Crippen molar-refractivity contribution in [3.63, 3.8) is 0 Å². The minimum atomic E-state index is 0.658. The topological polar surface area (TPSA) is 18.5 Å². The van der Waals surface area contributed by atoms with Crippen molar-refractivity contribution in [2.24, 2.45) is 0 Å². The minimum absolute atomic E-state index is 0.658. The van der Waals surface area contributed by atoms with Crippen molar-refractivity contribution < 1.29 is 9.47 Å². The number of hydrogen-bond donors (Lipinski definition) is 0. The molecule has 132 valence electrons. The van der Waals surface area contributed by atoms with E-state index in [9.17, 15) is 0 Å². The van der Waals surface area contributed by atoms with Gasteiger partial charge in [-0.25, -0.2) is 0 Å². The molecule has 0 spiro atoms. The van der Waals surface area contributed by atoms with Crippen molar-refractivity contribution >= 4 is 21.5 Å². The Bertz CT molecular complexity index is 851. The Morgan fingerprint density at radius 1 is 0.680 bits per heavy atom. The van der Waals surface area contributed by atoms with Crippen molar-refractivity contribution in [1.82, 2.24) is 0 Å². The zero-order valence-electron chi connectivity index (χ0n) is 15.6. The van der Waals surface area contributed by atoms with E-state index in [0.29, 0.717) is 13.2 Å². The molecule has 0 aromatic heterocycles. The van der Waals surface area contributed by atoms with Gasteiger partial charge < -0.3 is 9.47 Å². The third-order valence-corrected chi connectivity index (χ3v) is 4.64. The Morgan fingerprint density at radius 3 is 1.88 bits per heavy atom. The van der Waals surface area contributed by atoms with Gasteiger partial charge in [0.1, 0.15) is 11.5 Å². The van der Waals surface area contributed by atoms with E-state index >= 15 is 0 Å². The van der Waals surface area contributed by atoms with Gasteiger partial charge in [0.05, 0.1) is 13.2 Å². The molecule has 0 bridgehead atoms. The lowest BCUT2D eigenvalue weighted by Crippen LogP contribution is -1.99. The molecule has 0 radical (unpaired) electrons. The fourth-order valence-corrected chi connectivity index (χ4v) is 3.48. The number of ether oxygens (including phenoxy) is 2. The maximum absolute atomic E-state index is 6.09. The highest BCUT2D eigenvalue weighted by molar-refractivity contribution is 6.11. The van der Waals surface area contributed by atoms with Gasteiger partial charge in [-0.1, -0.05) is 56.2 Å². The van der Waals surface area contributed by atoms with E-state index in [1.54, 1.807) is 0 Å². The molecule has 0 aliphatic heterocycles. The maximum atomic E-state index is 6.09. The summed E-state index contributed by atoms with van der Waals surface area (Å²) in [6.45, 7) is 7.64. The molecule has 3 rings (SSSR count). The largest absolute Gasteiger partial charge is 0.493 e. The predicted molar refractivity (Wildman–Crippen MR) is 107 cm³/mol. The predicted octanol–water partition coefficient (Wildman–Crippen LogP) is 6.52. The second-order valence-electron chi connectivity index (χ2n) is 6.41. The van der Waals surface area contributed by atoms with Gasteiger partial charge in [0.2, 0.25) is 0 Å². The molecule has 25 heavy (non-hydrogen) atoms. The highest BCUT2D eigenvalue weighted by Crippen LogP contribution is 2.43. The zero-order chi connectivity index (χ0) is 17.6. The second kappa shape index (κ2) is 8.24. The normalized spacial score (nSPS) is 11.2. The lowest BCUT2D eigenvalue weighted by molar-refractivity contribution is 0.342. The van der Waals surface area contributed by atoms with Crippen LogP contribution in [0.1, 0.15) is 45.6 Å². The molecular formula is C23H28O2. The molecule has 0 amide bonds. The third-order valence-electron chi connectivity index (χ3n) is 4.64. The Balaban J connectivity index is 2.23. The van der Waals surface area contributed by atoms with Crippen LogP contribution in [0.5, 0.6) is 11.5 Å². The van der Waals surface area contributed by atoms with Crippen LogP contribution in [0.15, 0.2) is 42.5 Å². The quantitative estimate of drug-likeness (QED) is 0.344. The average molecular weight is 336 g/mol. The average Bonchev–Trinajstić information content (AvgIpc) is 2.64. The molecule has 2 nitrogen and oxygen atoms in total. The first-order valence-corrected chi connectivity index (χ1v) is 9.53. The smallest absolute Gasteiger partial charge is 0.135 e. The molecule has 0 heterocycles. The fourth-order valence-electron chi connectivity index (χ4n) is 3.48. The number of rotatable bonds is 8. The van der Waals surface area contributed by atoms with Crippen LogP contribution in [0.4, 0.5) is 0 Å². The first-order valence-electron chi connectivity index (χ1n) is 9.53. The Morgan fingerprint density at radius 2 is 1.28 bits per heavy atom. The van der Waals surface area contributed by atoms with Gasteiger partial charge in [-0.2, -0.15) is 0 Å². The number of fused-ring (bicyclic) bond motifs is 2. The first kappa shape index (κ1) is 17.6. The van der Waals surface area contributed by atoms with E-state index in [0.717, 1.165) is 39.5 Å². The molecule has 0 fully saturated rings. The lowest BCUT2D eigenvalue weighted by Gasteiger charge is -2.17. The van der Waals surface area contributed by atoms with Gasteiger partial charge in [0.15, 0.2) is 0 Å². The summed E-state index contributed by atoms with van der Waals surface area (Å²) in [6.07, 6.45) is 4.87. The molecule has 0 atom stereocenters. The molecule has 0 aliphatic carbocycles. The molecule has 0 saturated heterocycles. The number of benzene rings is 3. The van der Waals surface area contributed by atoms with Crippen molar-refractivity contribution in [3.05, 3.63) is 48.0 Å². The second-order valence-corrected chi connectivity index (χ2v) is 6.41. The monoisotopic (exact) mass is 336 g/mol.